The zero-order valence-electron chi connectivity index (χ0n) is 18.9. The molecule has 36 heavy (non-hydrogen) atoms. The number of amides is 1. The van der Waals surface area contributed by atoms with Crippen molar-refractivity contribution in [2.75, 3.05) is 4.31 Å². The number of anilines is 1. The van der Waals surface area contributed by atoms with E-state index in [0.29, 0.717) is 9.99 Å². The highest BCUT2D eigenvalue weighted by atomic mass is 35.5. The van der Waals surface area contributed by atoms with E-state index in [0.717, 1.165) is 24.4 Å². The average Bonchev–Trinajstić information content (AvgIpc) is 3.08. The molecule has 0 aliphatic carbocycles. The minimum Gasteiger partial charge on any atom is -0.283 e. The summed E-state index contributed by atoms with van der Waals surface area (Å²) in [6.07, 6.45) is 2.55. The summed E-state index contributed by atoms with van der Waals surface area (Å²) < 4.78 is 30.7. The van der Waals surface area contributed by atoms with Gasteiger partial charge in [0.1, 0.15) is 10.7 Å². The molecule has 0 aliphatic rings. The summed E-state index contributed by atoms with van der Waals surface area (Å²) in [6, 6.07) is 14.0. The number of halogens is 1. The highest BCUT2D eigenvalue weighted by Crippen LogP contribution is 2.32. The van der Waals surface area contributed by atoms with Gasteiger partial charge < -0.3 is 0 Å². The molecular weight excluding hydrogens is 510 g/mol. The summed E-state index contributed by atoms with van der Waals surface area (Å²) in [7, 11) is -3.30. The van der Waals surface area contributed by atoms with Crippen LogP contribution >= 0.6 is 11.6 Å². The van der Waals surface area contributed by atoms with Crippen LogP contribution < -0.4 is 9.86 Å². The molecule has 0 radical (unpaired) electrons. The standard InChI is InChI=1S/C23H18ClN5O6S/c1-15-21(23(31)27(26(15)2)17-8-4-3-5-9-17)28(22(30)16-7-6-12-25-14-16)36(34,35)18-10-11-19(24)20(13-18)29(32)33/h3-14H,1-2H3. The second-order valence-corrected chi connectivity index (χ2v) is 9.79. The zero-order valence-corrected chi connectivity index (χ0v) is 20.5. The van der Waals surface area contributed by atoms with Crippen LogP contribution in [0.1, 0.15) is 16.1 Å². The molecule has 0 N–H and O–H groups in total. The number of sulfonamides is 1. The quantitative estimate of drug-likeness (QED) is 0.276. The Morgan fingerprint density at radius 1 is 1.11 bits per heavy atom. The van der Waals surface area contributed by atoms with Crippen LogP contribution in [0, 0.1) is 17.0 Å². The lowest BCUT2D eigenvalue weighted by atomic mass is 10.2. The topological polar surface area (TPSA) is 137 Å². The fourth-order valence-electron chi connectivity index (χ4n) is 3.62. The second kappa shape index (κ2) is 9.40. The summed E-state index contributed by atoms with van der Waals surface area (Å²) in [5.74, 6) is -1.06. The Kier molecular flexibility index (Phi) is 6.48. The fraction of sp³-hybridized carbons (Fsp3) is 0.0870. The molecule has 2 heterocycles. The van der Waals surface area contributed by atoms with Gasteiger partial charge in [-0.25, -0.2) is 13.1 Å². The van der Waals surface area contributed by atoms with Crippen LogP contribution in [-0.2, 0) is 17.1 Å². The van der Waals surface area contributed by atoms with E-state index in [4.69, 9.17) is 11.6 Å². The van der Waals surface area contributed by atoms with Gasteiger partial charge in [-0.3, -0.25) is 29.4 Å². The highest BCUT2D eigenvalue weighted by molar-refractivity contribution is 7.93. The Hall–Kier alpha value is -4.29. The molecule has 184 valence electrons. The van der Waals surface area contributed by atoms with Crippen LogP contribution in [0.15, 0.2) is 82.7 Å². The summed E-state index contributed by atoms with van der Waals surface area (Å²) in [4.78, 5) is 41.1. The van der Waals surface area contributed by atoms with Gasteiger partial charge in [-0.2, -0.15) is 4.31 Å². The third-order valence-electron chi connectivity index (χ3n) is 5.47. The van der Waals surface area contributed by atoms with E-state index in [-0.39, 0.29) is 16.3 Å². The van der Waals surface area contributed by atoms with Gasteiger partial charge in [0, 0.05) is 25.5 Å². The molecule has 1 amide bonds. The monoisotopic (exact) mass is 527 g/mol. The number of hydrogen-bond acceptors (Lipinski definition) is 7. The van der Waals surface area contributed by atoms with E-state index in [1.807, 2.05) is 0 Å². The van der Waals surface area contributed by atoms with E-state index in [2.05, 4.69) is 4.98 Å². The van der Waals surface area contributed by atoms with Crippen LogP contribution in [0.2, 0.25) is 5.02 Å². The maximum atomic E-state index is 13.9. The summed E-state index contributed by atoms with van der Waals surface area (Å²) >= 11 is 5.86. The smallest absolute Gasteiger partial charge is 0.283 e. The van der Waals surface area contributed by atoms with Crippen LogP contribution in [0.5, 0.6) is 0 Å². The molecule has 0 saturated carbocycles. The van der Waals surface area contributed by atoms with Crippen LogP contribution in [-0.4, -0.2) is 33.6 Å². The van der Waals surface area contributed by atoms with E-state index in [1.165, 1.54) is 34.6 Å². The number of hydrogen-bond donors (Lipinski definition) is 0. The van der Waals surface area contributed by atoms with Crippen molar-refractivity contribution in [3.05, 3.63) is 110 Å². The van der Waals surface area contributed by atoms with Crippen molar-refractivity contribution in [1.29, 1.82) is 0 Å². The Balaban J connectivity index is 2.02. The lowest BCUT2D eigenvalue weighted by Gasteiger charge is -2.21. The third-order valence-corrected chi connectivity index (χ3v) is 7.47. The molecule has 11 nitrogen and oxygen atoms in total. The number of benzene rings is 2. The molecule has 0 unspecified atom stereocenters. The first-order chi connectivity index (χ1) is 17.1. The zero-order chi connectivity index (χ0) is 26.2. The van der Waals surface area contributed by atoms with Gasteiger partial charge in [0.2, 0.25) is 0 Å². The van der Waals surface area contributed by atoms with E-state index in [9.17, 15) is 28.1 Å². The number of aromatic nitrogens is 3. The normalized spacial score (nSPS) is 11.3. The van der Waals surface area contributed by atoms with Crippen molar-refractivity contribution >= 4 is 38.9 Å². The molecule has 0 saturated heterocycles. The van der Waals surface area contributed by atoms with Gasteiger partial charge >= 0.3 is 0 Å². The molecule has 4 rings (SSSR count). The molecule has 0 fully saturated rings. The SMILES string of the molecule is Cc1c(N(C(=O)c2cccnc2)S(=O)(=O)c2ccc(Cl)c([N+](=O)[O-])c2)c(=O)n(-c2ccccc2)n1C. The molecular formula is C23H18ClN5O6S. The first-order valence-electron chi connectivity index (χ1n) is 10.3. The van der Waals surface area contributed by atoms with Crippen molar-refractivity contribution < 1.29 is 18.1 Å². The van der Waals surface area contributed by atoms with Gasteiger partial charge in [-0.1, -0.05) is 29.8 Å². The molecule has 0 spiro atoms. The minimum atomic E-state index is -4.84. The van der Waals surface area contributed by atoms with E-state index in [1.54, 1.807) is 37.4 Å². The van der Waals surface area contributed by atoms with Gasteiger partial charge in [-0.05, 0) is 43.3 Å². The number of carbonyl (C=O) groups is 1. The third kappa shape index (κ3) is 4.16. The van der Waals surface area contributed by atoms with Gasteiger partial charge in [-0.15, -0.1) is 0 Å². The van der Waals surface area contributed by atoms with Gasteiger partial charge in [0.15, 0.2) is 0 Å². The highest BCUT2D eigenvalue weighted by Gasteiger charge is 2.38. The molecule has 13 heteroatoms. The predicted octanol–water partition coefficient (Wildman–Crippen LogP) is 3.48. The second-order valence-electron chi connectivity index (χ2n) is 7.60. The maximum absolute atomic E-state index is 13.9. The number of nitrogens with zero attached hydrogens (tertiary/aromatic N) is 5. The predicted molar refractivity (Wildman–Crippen MR) is 132 cm³/mol. The lowest BCUT2D eigenvalue weighted by Crippen LogP contribution is -2.40. The largest absolute Gasteiger partial charge is 0.296 e. The van der Waals surface area contributed by atoms with Crippen molar-refractivity contribution in [2.24, 2.45) is 7.05 Å². The van der Waals surface area contributed by atoms with Gasteiger partial charge in [0.25, 0.3) is 27.2 Å². The van der Waals surface area contributed by atoms with E-state index >= 15 is 0 Å². The van der Waals surface area contributed by atoms with Crippen molar-refractivity contribution in [1.82, 2.24) is 14.3 Å². The number of carbonyl (C=O) groups excluding carboxylic acids is 1. The lowest BCUT2D eigenvalue weighted by molar-refractivity contribution is -0.384. The number of pyridine rings is 1. The Morgan fingerprint density at radius 2 is 1.81 bits per heavy atom. The maximum Gasteiger partial charge on any atom is 0.296 e. The van der Waals surface area contributed by atoms with Crippen molar-refractivity contribution in [3.8, 4) is 5.69 Å². The molecule has 2 aromatic heterocycles. The van der Waals surface area contributed by atoms with Crippen LogP contribution in [0.25, 0.3) is 5.69 Å². The number of rotatable bonds is 6. The minimum absolute atomic E-state index is 0.113. The molecule has 0 aliphatic heterocycles. The van der Waals surface area contributed by atoms with Gasteiger partial charge in [0.05, 0.1) is 26.8 Å². The molecule has 0 atom stereocenters. The first-order valence-corrected chi connectivity index (χ1v) is 12.1. The molecule has 4 aromatic rings. The first kappa shape index (κ1) is 24.8. The Labute approximate surface area is 210 Å². The van der Waals surface area contributed by atoms with Crippen molar-refractivity contribution in [3.63, 3.8) is 0 Å². The molecule has 0 bridgehead atoms. The Morgan fingerprint density at radius 3 is 2.42 bits per heavy atom. The van der Waals surface area contributed by atoms with Crippen LogP contribution in [0.3, 0.4) is 0 Å². The Bertz CT molecular complexity index is 1650. The van der Waals surface area contributed by atoms with Crippen LogP contribution in [0.4, 0.5) is 11.4 Å². The number of nitro groups is 1. The number of para-hydroxylation sites is 1. The summed E-state index contributed by atoms with van der Waals surface area (Å²) in [6.45, 7) is 1.49. The molecule has 2 aromatic carbocycles. The number of nitro benzene ring substituents is 1. The van der Waals surface area contributed by atoms with Crippen molar-refractivity contribution in [2.45, 2.75) is 11.8 Å². The fourth-order valence-corrected chi connectivity index (χ4v) is 5.30. The summed E-state index contributed by atoms with van der Waals surface area (Å²) in [5, 5.41) is 11.1. The summed E-state index contributed by atoms with van der Waals surface area (Å²) in [5.41, 5.74) is -1.41. The average molecular weight is 528 g/mol. The van der Waals surface area contributed by atoms with E-state index < -0.39 is 42.7 Å².